The Labute approximate surface area is 137 Å². The van der Waals surface area contributed by atoms with Crippen LogP contribution in [0.25, 0.3) is 5.57 Å². The van der Waals surface area contributed by atoms with E-state index in [-0.39, 0.29) is 11.9 Å². The Morgan fingerprint density at radius 3 is 2.65 bits per heavy atom. The Balaban J connectivity index is 2.02. The lowest BCUT2D eigenvalue weighted by Gasteiger charge is -2.22. The Morgan fingerprint density at radius 2 is 1.96 bits per heavy atom. The molecule has 2 atom stereocenters. The molecule has 0 amide bonds. The van der Waals surface area contributed by atoms with Gasteiger partial charge >= 0.3 is 5.97 Å². The molecule has 1 fully saturated rings. The number of rotatable bonds is 3. The Bertz CT molecular complexity index is 689. The molecule has 1 saturated carbocycles. The van der Waals surface area contributed by atoms with Gasteiger partial charge in [-0.3, -0.25) is 0 Å². The molecule has 4 nitrogen and oxygen atoms in total. The molecule has 0 saturated heterocycles. The number of hydrogen-bond donors (Lipinski definition) is 1. The summed E-state index contributed by atoms with van der Waals surface area (Å²) in [5.74, 6) is -0.345. The van der Waals surface area contributed by atoms with Crippen molar-refractivity contribution in [2.45, 2.75) is 58.7 Å². The third-order valence-electron chi connectivity index (χ3n) is 5.10. The van der Waals surface area contributed by atoms with E-state index in [4.69, 9.17) is 9.47 Å². The molecule has 23 heavy (non-hydrogen) atoms. The van der Waals surface area contributed by atoms with Crippen molar-refractivity contribution in [3.8, 4) is 0 Å². The van der Waals surface area contributed by atoms with E-state index in [1.165, 1.54) is 5.56 Å². The van der Waals surface area contributed by atoms with Crippen molar-refractivity contribution in [2.75, 3.05) is 6.61 Å². The molecule has 3 rings (SSSR count). The summed E-state index contributed by atoms with van der Waals surface area (Å²) >= 11 is 0. The van der Waals surface area contributed by atoms with Gasteiger partial charge in [0, 0.05) is 13.0 Å². The van der Waals surface area contributed by atoms with Crippen LogP contribution in [0.15, 0.2) is 17.9 Å². The first-order chi connectivity index (χ1) is 10.9. The van der Waals surface area contributed by atoms with Gasteiger partial charge in [-0.25, -0.2) is 4.79 Å². The molecular formula is C19H24O4. The van der Waals surface area contributed by atoms with Crippen LogP contribution in [0.2, 0.25) is 0 Å². The van der Waals surface area contributed by atoms with Crippen LogP contribution in [0.4, 0.5) is 0 Å². The van der Waals surface area contributed by atoms with Crippen LogP contribution in [0, 0.1) is 20.8 Å². The van der Waals surface area contributed by atoms with Crippen LogP contribution < -0.4 is 0 Å². The summed E-state index contributed by atoms with van der Waals surface area (Å²) in [4.78, 5) is 12.5. The molecule has 1 heterocycles. The van der Waals surface area contributed by atoms with Crippen molar-refractivity contribution in [2.24, 2.45) is 0 Å². The predicted octanol–water partition coefficient (Wildman–Crippen LogP) is 3.77. The van der Waals surface area contributed by atoms with Crippen molar-refractivity contribution in [3.05, 3.63) is 40.1 Å². The smallest absolute Gasteiger partial charge is 0.343 e. The lowest BCUT2D eigenvalue weighted by molar-refractivity contribution is -0.146. The van der Waals surface area contributed by atoms with E-state index >= 15 is 0 Å². The molecule has 2 unspecified atom stereocenters. The molecule has 124 valence electrons. The van der Waals surface area contributed by atoms with Gasteiger partial charge in [-0.2, -0.15) is 0 Å². The Hall–Kier alpha value is -1.81. The molecule has 0 radical (unpaired) electrons. The number of carbonyl (C=O) groups is 1. The normalized spacial score (nSPS) is 27.1. The SMILES string of the molecule is CCOC1CCC2(C1)OC(=O)C(c1cc(C)c(C)cc1C)=C2O. The van der Waals surface area contributed by atoms with E-state index in [1.807, 2.05) is 39.8 Å². The standard InChI is InChI=1S/C19H24O4/c1-5-22-14-6-7-19(10-14)17(20)16(18(21)23-19)15-9-12(3)11(2)8-13(15)4/h8-9,14,20H,5-7,10H2,1-4H3. The fourth-order valence-electron chi connectivity index (χ4n) is 3.72. The van der Waals surface area contributed by atoms with Crippen molar-refractivity contribution in [1.29, 1.82) is 0 Å². The first-order valence-corrected chi connectivity index (χ1v) is 8.25. The van der Waals surface area contributed by atoms with E-state index in [1.54, 1.807) is 0 Å². The number of aryl methyl sites for hydroxylation is 3. The van der Waals surface area contributed by atoms with Gasteiger partial charge in [0.2, 0.25) is 0 Å². The van der Waals surface area contributed by atoms with E-state index < -0.39 is 11.6 Å². The Morgan fingerprint density at radius 1 is 1.26 bits per heavy atom. The maximum atomic E-state index is 12.5. The molecule has 1 aliphatic carbocycles. The minimum Gasteiger partial charge on any atom is -0.507 e. The number of aliphatic hydroxyl groups is 1. The lowest BCUT2D eigenvalue weighted by atomic mass is 9.91. The highest BCUT2D eigenvalue weighted by Crippen LogP contribution is 2.47. The third-order valence-corrected chi connectivity index (χ3v) is 5.10. The number of benzene rings is 1. The summed E-state index contributed by atoms with van der Waals surface area (Å²) in [6, 6.07) is 4.01. The summed E-state index contributed by atoms with van der Waals surface area (Å²) in [7, 11) is 0. The fourth-order valence-corrected chi connectivity index (χ4v) is 3.72. The molecule has 1 aliphatic heterocycles. The number of aliphatic hydroxyl groups excluding tert-OH is 1. The van der Waals surface area contributed by atoms with Gasteiger partial charge in [0.1, 0.15) is 5.57 Å². The molecule has 0 aromatic heterocycles. The highest BCUT2D eigenvalue weighted by Gasteiger charge is 2.53. The Kier molecular flexibility index (Phi) is 3.96. The van der Waals surface area contributed by atoms with Crippen molar-refractivity contribution in [1.82, 2.24) is 0 Å². The maximum absolute atomic E-state index is 12.5. The fraction of sp³-hybridized carbons (Fsp3) is 0.526. The second-order valence-electron chi connectivity index (χ2n) is 6.68. The number of carbonyl (C=O) groups excluding carboxylic acids is 1. The molecule has 1 spiro atoms. The zero-order valence-corrected chi connectivity index (χ0v) is 14.2. The van der Waals surface area contributed by atoms with Gasteiger partial charge in [0.05, 0.1) is 6.10 Å². The predicted molar refractivity (Wildman–Crippen MR) is 88.3 cm³/mol. The van der Waals surface area contributed by atoms with E-state index in [0.717, 1.165) is 23.1 Å². The minimum absolute atomic E-state index is 0.0372. The lowest BCUT2D eigenvalue weighted by Crippen LogP contribution is -2.29. The van der Waals surface area contributed by atoms with Crippen LogP contribution in [-0.2, 0) is 14.3 Å². The summed E-state index contributed by atoms with van der Waals surface area (Å²) in [6.07, 6.45) is 1.98. The molecule has 0 bridgehead atoms. The van der Waals surface area contributed by atoms with Gasteiger partial charge in [0.25, 0.3) is 0 Å². The summed E-state index contributed by atoms with van der Waals surface area (Å²) in [5.41, 5.74) is 3.44. The van der Waals surface area contributed by atoms with Crippen molar-refractivity contribution in [3.63, 3.8) is 0 Å². The second kappa shape index (κ2) is 5.68. The molecule has 1 N–H and O–H groups in total. The van der Waals surface area contributed by atoms with E-state index in [9.17, 15) is 9.90 Å². The largest absolute Gasteiger partial charge is 0.507 e. The average molecular weight is 316 g/mol. The summed E-state index contributed by atoms with van der Waals surface area (Å²) in [6.45, 7) is 8.58. The first kappa shape index (κ1) is 16.1. The van der Waals surface area contributed by atoms with E-state index in [0.29, 0.717) is 25.0 Å². The number of hydrogen-bond acceptors (Lipinski definition) is 4. The molecule has 2 aliphatic rings. The van der Waals surface area contributed by atoms with Gasteiger partial charge in [0.15, 0.2) is 11.4 Å². The molecular weight excluding hydrogens is 292 g/mol. The molecule has 4 heteroatoms. The van der Waals surface area contributed by atoms with Crippen molar-refractivity contribution < 1.29 is 19.4 Å². The van der Waals surface area contributed by atoms with Crippen LogP contribution in [-0.4, -0.2) is 29.4 Å². The zero-order valence-electron chi connectivity index (χ0n) is 14.2. The van der Waals surface area contributed by atoms with Crippen molar-refractivity contribution >= 4 is 11.5 Å². The molecule has 1 aromatic rings. The summed E-state index contributed by atoms with van der Waals surface area (Å²) in [5, 5.41) is 10.8. The number of ether oxygens (including phenoxy) is 2. The highest BCUT2D eigenvalue weighted by atomic mass is 16.6. The van der Waals surface area contributed by atoms with Crippen LogP contribution >= 0.6 is 0 Å². The zero-order chi connectivity index (χ0) is 16.8. The second-order valence-corrected chi connectivity index (χ2v) is 6.68. The average Bonchev–Trinajstić information content (AvgIpc) is 2.98. The minimum atomic E-state index is -0.891. The first-order valence-electron chi connectivity index (χ1n) is 8.25. The monoisotopic (exact) mass is 316 g/mol. The number of esters is 1. The quantitative estimate of drug-likeness (QED) is 0.863. The maximum Gasteiger partial charge on any atom is 0.343 e. The van der Waals surface area contributed by atoms with E-state index in [2.05, 4.69) is 0 Å². The van der Waals surface area contributed by atoms with Gasteiger partial charge < -0.3 is 14.6 Å². The topological polar surface area (TPSA) is 55.8 Å². The van der Waals surface area contributed by atoms with Crippen LogP contribution in [0.1, 0.15) is 48.4 Å². The third kappa shape index (κ3) is 2.55. The van der Waals surface area contributed by atoms with Gasteiger partial charge in [-0.15, -0.1) is 0 Å². The van der Waals surface area contributed by atoms with Gasteiger partial charge in [-0.05, 0) is 62.8 Å². The van der Waals surface area contributed by atoms with Gasteiger partial charge in [-0.1, -0.05) is 12.1 Å². The van der Waals surface area contributed by atoms with Crippen LogP contribution in [0.5, 0.6) is 0 Å². The molecule has 1 aromatic carbocycles. The summed E-state index contributed by atoms with van der Waals surface area (Å²) < 4.78 is 11.3. The van der Waals surface area contributed by atoms with Crippen LogP contribution in [0.3, 0.4) is 0 Å². The highest BCUT2D eigenvalue weighted by molar-refractivity contribution is 6.20.